The Bertz CT molecular complexity index is 707. The average molecular weight is 291 g/mol. The molecule has 1 heterocycles. The Morgan fingerprint density at radius 3 is 2.11 bits per heavy atom. The van der Waals surface area contributed by atoms with E-state index in [4.69, 9.17) is 27.6 Å². The largest absolute Gasteiger partial charge is 0.416 e. The van der Waals surface area contributed by atoms with E-state index in [-0.39, 0.29) is 0 Å². The van der Waals surface area contributed by atoms with Gasteiger partial charge in [0.1, 0.15) is 0 Å². The second kappa shape index (κ2) is 5.03. The van der Waals surface area contributed by atoms with E-state index in [0.717, 1.165) is 11.1 Å². The fourth-order valence-electron chi connectivity index (χ4n) is 1.67. The third kappa shape index (κ3) is 2.62. The summed E-state index contributed by atoms with van der Waals surface area (Å²) in [6.07, 6.45) is 0. The molecule has 19 heavy (non-hydrogen) atoms. The van der Waals surface area contributed by atoms with Crippen LogP contribution in [0.25, 0.3) is 22.9 Å². The second-order valence-electron chi connectivity index (χ2n) is 3.93. The summed E-state index contributed by atoms with van der Waals surface area (Å²) < 4.78 is 5.63. The topological polar surface area (TPSA) is 38.9 Å². The fraction of sp³-hybridized carbons (Fsp3) is 0. The number of nitrogens with zero attached hydrogens (tertiary/aromatic N) is 2. The molecule has 94 valence electrons. The van der Waals surface area contributed by atoms with Gasteiger partial charge in [-0.3, -0.25) is 0 Å². The first-order valence-corrected chi connectivity index (χ1v) is 6.33. The number of hydrogen-bond acceptors (Lipinski definition) is 3. The molecule has 1 aromatic heterocycles. The number of aromatic nitrogens is 2. The summed E-state index contributed by atoms with van der Waals surface area (Å²) in [6, 6.07) is 14.5. The van der Waals surface area contributed by atoms with Crippen molar-refractivity contribution in [3.05, 3.63) is 58.6 Å². The quantitative estimate of drug-likeness (QED) is 0.686. The highest BCUT2D eigenvalue weighted by atomic mass is 35.5. The first kappa shape index (κ1) is 12.2. The van der Waals surface area contributed by atoms with Crippen molar-refractivity contribution in [2.75, 3.05) is 0 Å². The van der Waals surface area contributed by atoms with Crippen LogP contribution < -0.4 is 0 Å². The van der Waals surface area contributed by atoms with Crippen molar-refractivity contribution < 1.29 is 4.42 Å². The SMILES string of the molecule is Clc1ccc(-c2nnc(-c3cccc(Cl)c3)o2)cc1. The molecule has 3 rings (SSSR count). The first-order valence-electron chi connectivity index (χ1n) is 5.58. The van der Waals surface area contributed by atoms with E-state index in [9.17, 15) is 0 Å². The van der Waals surface area contributed by atoms with E-state index in [1.807, 2.05) is 24.3 Å². The van der Waals surface area contributed by atoms with E-state index >= 15 is 0 Å². The Balaban J connectivity index is 1.97. The van der Waals surface area contributed by atoms with Gasteiger partial charge in [0.2, 0.25) is 11.8 Å². The van der Waals surface area contributed by atoms with Gasteiger partial charge in [-0.2, -0.15) is 0 Å². The molecule has 0 aliphatic heterocycles. The number of halogens is 2. The van der Waals surface area contributed by atoms with Crippen LogP contribution in [0.1, 0.15) is 0 Å². The molecule has 3 aromatic rings. The van der Waals surface area contributed by atoms with Gasteiger partial charge >= 0.3 is 0 Å². The maximum absolute atomic E-state index is 5.93. The predicted molar refractivity (Wildman–Crippen MR) is 75.2 cm³/mol. The van der Waals surface area contributed by atoms with Crippen LogP contribution in [0.2, 0.25) is 10.0 Å². The van der Waals surface area contributed by atoms with Crippen LogP contribution in [-0.2, 0) is 0 Å². The van der Waals surface area contributed by atoms with Crippen molar-refractivity contribution in [1.29, 1.82) is 0 Å². The summed E-state index contributed by atoms with van der Waals surface area (Å²) >= 11 is 11.8. The van der Waals surface area contributed by atoms with Gasteiger partial charge < -0.3 is 4.42 Å². The van der Waals surface area contributed by atoms with Crippen molar-refractivity contribution in [3.63, 3.8) is 0 Å². The van der Waals surface area contributed by atoms with Crippen LogP contribution in [0.3, 0.4) is 0 Å². The molecule has 0 bridgehead atoms. The summed E-state index contributed by atoms with van der Waals surface area (Å²) in [5.41, 5.74) is 1.62. The monoisotopic (exact) mass is 290 g/mol. The minimum atomic E-state index is 0.437. The highest BCUT2D eigenvalue weighted by Crippen LogP contribution is 2.26. The van der Waals surface area contributed by atoms with Gasteiger partial charge in [0.05, 0.1) is 0 Å². The average Bonchev–Trinajstić information content (AvgIpc) is 2.89. The summed E-state index contributed by atoms with van der Waals surface area (Å²) in [5.74, 6) is 0.888. The minimum absolute atomic E-state index is 0.437. The first-order chi connectivity index (χ1) is 9.22. The molecule has 0 N–H and O–H groups in total. The van der Waals surface area contributed by atoms with Crippen molar-refractivity contribution in [1.82, 2.24) is 10.2 Å². The third-order valence-electron chi connectivity index (χ3n) is 2.59. The van der Waals surface area contributed by atoms with Gasteiger partial charge in [-0.1, -0.05) is 29.3 Å². The van der Waals surface area contributed by atoms with Gasteiger partial charge in [0.25, 0.3) is 0 Å². The molecule has 0 spiro atoms. The summed E-state index contributed by atoms with van der Waals surface area (Å²) in [7, 11) is 0. The lowest BCUT2D eigenvalue weighted by Crippen LogP contribution is -1.77. The molecule has 3 nitrogen and oxygen atoms in total. The summed E-state index contributed by atoms with van der Waals surface area (Å²) in [6.45, 7) is 0. The highest BCUT2D eigenvalue weighted by molar-refractivity contribution is 6.31. The van der Waals surface area contributed by atoms with E-state index in [0.29, 0.717) is 21.8 Å². The maximum atomic E-state index is 5.93. The third-order valence-corrected chi connectivity index (χ3v) is 3.07. The zero-order chi connectivity index (χ0) is 13.2. The lowest BCUT2D eigenvalue weighted by atomic mass is 10.2. The fourth-order valence-corrected chi connectivity index (χ4v) is 1.99. The number of benzene rings is 2. The Kier molecular flexibility index (Phi) is 3.23. The molecule has 5 heteroatoms. The van der Waals surface area contributed by atoms with Gasteiger partial charge in [-0.25, -0.2) is 0 Å². The molecule has 2 aromatic carbocycles. The van der Waals surface area contributed by atoms with Crippen molar-refractivity contribution in [3.8, 4) is 22.9 Å². The molecule has 0 radical (unpaired) electrons. The van der Waals surface area contributed by atoms with Crippen LogP contribution >= 0.6 is 23.2 Å². The molecular formula is C14H8Cl2N2O. The molecule has 0 aliphatic rings. The van der Waals surface area contributed by atoms with Crippen LogP contribution in [0, 0.1) is 0 Å². The molecule has 0 amide bonds. The molecular weight excluding hydrogens is 283 g/mol. The van der Waals surface area contributed by atoms with Crippen LogP contribution in [-0.4, -0.2) is 10.2 Å². The summed E-state index contributed by atoms with van der Waals surface area (Å²) in [5, 5.41) is 9.33. The van der Waals surface area contributed by atoms with Gasteiger partial charge in [0.15, 0.2) is 0 Å². The molecule has 0 saturated heterocycles. The lowest BCUT2D eigenvalue weighted by molar-refractivity contribution is 0.584. The molecule has 0 fully saturated rings. The van der Waals surface area contributed by atoms with Crippen molar-refractivity contribution in [2.45, 2.75) is 0 Å². The summed E-state index contributed by atoms with van der Waals surface area (Å²) in [4.78, 5) is 0. The van der Waals surface area contributed by atoms with Crippen LogP contribution in [0.15, 0.2) is 52.9 Å². The van der Waals surface area contributed by atoms with E-state index in [2.05, 4.69) is 10.2 Å². The van der Waals surface area contributed by atoms with Gasteiger partial charge in [-0.05, 0) is 42.5 Å². The zero-order valence-corrected chi connectivity index (χ0v) is 11.2. The molecule has 0 unspecified atom stereocenters. The van der Waals surface area contributed by atoms with Crippen molar-refractivity contribution in [2.24, 2.45) is 0 Å². The smallest absolute Gasteiger partial charge is 0.248 e. The zero-order valence-electron chi connectivity index (χ0n) is 9.68. The molecule has 0 aliphatic carbocycles. The number of rotatable bonds is 2. The molecule has 0 saturated carbocycles. The Morgan fingerprint density at radius 1 is 0.737 bits per heavy atom. The Hall–Kier alpha value is -1.84. The van der Waals surface area contributed by atoms with Gasteiger partial charge in [-0.15, -0.1) is 10.2 Å². The minimum Gasteiger partial charge on any atom is -0.416 e. The Morgan fingerprint density at radius 2 is 1.42 bits per heavy atom. The van der Waals surface area contributed by atoms with Crippen molar-refractivity contribution >= 4 is 23.2 Å². The van der Waals surface area contributed by atoms with Crippen LogP contribution in [0.5, 0.6) is 0 Å². The van der Waals surface area contributed by atoms with E-state index in [1.165, 1.54) is 0 Å². The highest BCUT2D eigenvalue weighted by Gasteiger charge is 2.10. The maximum Gasteiger partial charge on any atom is 0.248 e. The van der Waals surface area contributed by atoms with E-state index in [1.54, 1.807) is 24.3 Å². The second-order valence-corrected chi connectivity index (χ2v) is 4.80. The van der Waals surface area contributed by atoms with E-state index < -0.39 is 0 Å². The molecule has 0 atom stereocenters. The van der Waals surface area contributed by atoms with Crippen LogP contribution in [0.4, 0.5) is 0 Å². The predicted octanol–water partition coefficient (Wildman–Crippen LogP) is 4.71. The Labute approximate surface area is 119 Å². The lowest BCUT2D eigenvalue weighted by Gasteiger charge is -1.96. The normalized spacial score (nSPS) is 10.6. The standard InChI is InChI=1S/C14H8Cl2N2O/c15-11-6-4-9(5-7-11)13-17-18-14(19-13)10-2-1-3-12(16)8-10/h1-8H. The number of hydrogen-bond donors (Lipinski definition) is 0. The van der Waals surface area contributed by atoms with Gasteiger partial charge in [0, 0.05) is 21.2 Å².